The minimum absolute atomic E-state index is 0. The average Bonchev–Trinajstić information content (AvgIpc) is 3.15. The van der Waals surface area contributed by atoms with Crippen molar-refractivity contribution in [1.82, 2.24) is 0 Å². The van der Waals surface area contributed by atoms with Crippen LogP contribution in [-0.2, 0) is 0 Å². The van der Waals surface area contributed by atoms with E-state index in [1.165, 1.54) is 67.3 Å². The summed E-state index contributed by atoms with van der Waals surface area (Å²) in [5, 5.41) is 0. The largest absolute Gasteiger partial charge is 2.00 e. The molecule has 0 aliphatic rings. The molecule has 0 spiro atoms. The van der Waals surface area contributed by atoms with E-state index in [9.17, 15) is 0 Å². The molecule has 4 nitrogen and oxygen atoms in total. The van der Waals surface area contributed by atoms with Gasteiger partial charge in [-0.1, -0.05) is 307 Å². The molecule has 70 heavy (non-hydrogen) atoms. The van der Waals surface area contributed by atoms with Gasteiger partial charge in [0, 0.05) is 0 Å². The molecular formula is C60H104Mg2N4Si4. The van der Waals surface area contributed by atoms with Crippen molar-refractivity contribution in [3.05, 3.63) is 137 Å². The van der Waals surface area contributed by atoms with Gasteiger partial charge in [0.15, 0.2) is 0 Å². The minimum Gasteiger partial charge on any atom is -0.687 e. The summed E-state index contributed by atoms with van der Waals surface area (Å²) in [5.41, 5.74) is 16.3. The first-order chi connectivity index (χ1) is 30.9. The Morgan fingerprint density at radius 1 is 0.229 bits per heavy atom. The molecule has 10 heteroatoms. The maximum atomic E-state index is 5.07. The summed E-state index contributed by atoms with van der Waals surface area (Å²) in [6.07, 6.45) is 0. The molecule has 0 aliphatic heterocycles. The van der Waals surface area contributed by atoms with Gasteiger partial charge in [-0.3, -0.25) is 0 Å². The van der Waals surface area contributed by atoms with Gasteiger partial charge >= 0.3 is 46.1 Å². The fraction of sp³-hybridized carbons (Fsp3) is 0.600. The summed E-state index contributed by atoms with van der Waals surface area (Å²) in [5.74, 6) is 4.36. The van der Waals surface area contributed by atoms with Crippen LogP contribution in [0.1, 0.15) is 203 Å². The third-order valence-electron chi connectivity index (χ3n) is 11.2. The number of hydrogen-bond acceptors (Lipinski definition) is 0. The Bertz CT molecular complexity index is 1710. The molecule has 384 valence electrons. The van der Waals surface area contributed by atoms with Crippen molar-refractivity contribution in [3.8, 4) is 0 Å². The zero-order valence-corrected chi connectivity index (χ0v) is 57.6. The first kappa shape index (κ1) is 70.6. The predicted octanol–water partition coefficient (Wildman–Crippen LogP) is 22.3. The molecule has 0 unspecified atom stereocenters. The molecule has 0 N–H and O–H groups in total. The Balaban J connectivity index is 0. The third kappa shape index (κ3) is 25.1. The molecule has 0 amide bonds. The summed E-state index contributed by atoms with van der Waals surface area (Å²) < 4.78 is 0. The summed E-state index contributed by atoms with van der Waals surface area (Å²) in [4.78, 5) is 20.3. The van der Waals surface area contributed by atoms with Gasteiger partial charge in [-0.2, -0.15) is 0 Å². The first-order valence-corrected chi connectivity index (χ1v) is 40.1. The van der Waals surface area contributed by atoms with E-state index in [1.54, 1.807) is 0 Å². The Morgan fingerprint density at radius 3 is 0.400 bits per heavy atom. The molecule has 4 rings (SSSR count). The van der Waals surface area contributed by atoms with E-state index in [4.69, 9.17) is 19.9 Å². The summed E-state index contributed by atoms with van der Waals surface area (Å²) in [7, 11) is -5.71. The maximum absolute atomic E-state index is 5.07. The van der Waals surface area contributed by atoms with Crippen molar-refractivity contribution in [2.45, 2.75) is 237 Å². The third-order valence-corrected chi connectivity index (χ3v) is 14.7. The quantitative estimate of drug-likeness (QED) is 0.100. The van der Waals surface area contributed by atoms with E-state index in [0.717, 1.165) is 0 Å². The number of benzene rings is 4. The Labute approximate surface area is 471 Å². The molecule has 0 bridgehead atoms. The maximum Gasteiger partial charge on any atom is 2.00 e. The van der Waals surface area contributed by atoms with Crippen molar-refractivity contribution in [2.24, 2.45) is 0 Å². The molecule has 0 radical (unpaired) electrons. The summed E-state index contributed by atoms with van der Waals surface area (Å²) in [6, 6.07) is 26.6. The van der Waals surface area contributed by atoms with Crippen molar-refractivity contribution < 1.29 is 0 Å². The van der Waals surface area contributed by atoms with Gasteiger partial charge in [0.05, 0.1) is 0 Å². The minimum atomic E-state index is -1.43. The van der Waals surface area contributed by atoms with Gasteiger partial charge < -0.3 is 19.9 Å². The molecule has 0 saturated heterocycles. The molecule has 0 atom stereocenters. The van der Waals surface area contributed by atoms with E-state index in [2.05, 4.69) is 262 Å². The van der Waals surface area contributed by atoms with E-state index < -0.39 is 32.9 Å². The van der Waals surface area contributed by atoms with Gasteiger partial charge in [-0.25, -0.2) is 0 Å². The molecular weight excluding hydrogens is 938 g/mol. The summed E-state index contributed by atoms with van der Waals surface area (Å²) >= 11 is 0. The average molecular weight is 1040 g/mol. The van der Waals surface area contributed by atoms with Crippen LogP contribution in [0, 0.1) is 0 Å². The van der Waals surface area contributed by atoms with E-state index in [-0.39, 0.29) is 46.1 Å². The fourth-order valence-electron chi connectivity index (χ4n) is 7.91. The second-order valence-corrected chi connectivity index (χ2v) is 43.8. The smallest absolute Gasteiger partial charge is 0.687 e. The van der Waals surface area contributed by atoms with Crippen LogP contribution < -0.4 is 0 Å². The fourth-order valence-corrected chi connectivity index (χ4v) is 11.6. The predicted molar refractivity (Wildman–Crippen MR) is 335 cm³/mol. The Hall–Kier alpha value is -1.52. The number of hydrogen-bond donors (Lipinski definition) is 0. The van der Waals surface area contributed by atoms with Crippen molar-refractivity contribution in [1.29, 1.82) is 0 Å². The van der Waals surface area contributed by atoms with E-state index >= 15 is 0 Å². The van der Waals surface area contributed by atoms with Crippen LogP contribution in [-0.4, -0.2) is 79.0 Å². The Kier molecular flexibility index (Phi) is 31.0. The second-order valence-electron chi connectivity index (χ2n) is 25.5. The number of nitrogens with zero attached hydrogens (tertiary/aromatic N) is 4. The summed E-state index contributed by atoms with van der Waals surface area (Å²) in [6.45, 7) is 63.6. The molecule has 0 fully saturated rings. The van der Waals surface area contributed by atoms with E-state index in [1.807, 2.05) is 0 Å². The molecule has 0 saturated carbocycles. The van der Waals surface area contributed by atoms with Crippen molar-refractivity contribution in [2.75, 3.05) is 0 Å². The van der Waals surface area contributed by atoms with Gasteiger partial charge in [0.2, 0.25) is 0 Å². The zero-order chi connectivity index (χ0) is 52.9. The topological polar surface area (TPSA) is 56.4 Å². The normalized spacial score (nSPS) is 11.9. The molecule has 0 aliphatic carbocycles. The van der Waals surface area contributed by atoms with E-state index in [0.29, 0.717) is 47.3 Å². The standard InChI is InChI=1S/4C15H26NSi.2Mg/c4*1-11(2)13-9-8-10-14(12(3)4)15(13)16-17(5,6)7;;/h4*8-12H,1-7H3;;/q4*-1;2*+2. The SMILES string of the molecule is CC(C)c1cccc(C(C)C)c1[N-][Si](C)(C)C.CC(C)c1cccc(C(C)C)c1[N-][Si](C)(C)C.CC(C)c1cccc(C(C)C)c1[N-][Si](C)(C)C.CC(C)c1cccc(C(C)C)c1[N-][Si](C)(C)C.[Mg+2].[Mg+2]. The molecule has 0 heterocycles. The van der Waals surface area contributed by atoms with Crippen LogP contribution in [0.4, 0.5) is 22.7 Å². The van der Waals surface area contributed by atoms with Crippen LogP contribution in [0.3, 0.4) is 0 Å². The van der Waals surface area contributed by atoms with Crippen LogP contribution in [0.5, 0.6) is 0 Å². The van der Waals surface area contributed by atoms with Crippen LogP contribution in [0.25, 0.3) is 19.9 Å². The van der Waals surface area contributed by atoms with Crippen LogP contribution in [0.2, 0.25) is 78.6 Å². The molecule has 4 aromatic carbocycles. The Morgan fingerprint density at radius 2 is 0.329 bits per heavy atom. The number of rotatable bonds is 16. The van der Waals surface area contributed by atoms with Crippen LogP contribution >= 0.6 is 0 Å². The van der Waals surface area contributed by atoms with Gasteiger partial charge in [0.1, 0.15) is 0 Å². The second kappa shape index (κ2) is 30.8. The first-order valence-electron chi connectivity index (χ1n) is 26.3. The molecule has 0 aromatic heterocycles. The van der Waals surface area contributed by atoms with Gasteiger partial charge in [-0.15, -0.1) is 22.7 Å². The van der Waals surface area contributed by atoms with Crippen LogP contribution in [0.15, 0.2) is 72.8 Å². The van der Waals surface area contributed by atoms with Crippen molar-refractivity contribution >= 4 is 102 Å². The zero-order valence-electron chi connectivity index (χ0n) is 50.8. The van der Waals surface area contributed by atoms with Gasteiger partial charge in [-0.05, 0) is 80.3 Å². The molecule has 4 aromatic rings. The van der Waals surface area contributed by atoms with Gasteiger partial charge in [0.25, 0.3) is 0 Å². The monoisotopic (exact) mass is 1040 g/mol. The van der Waals surface area contributed by atoms with Crippen molar-refractivity contribution in [3.63, 3.8) is 0 Å².